The molecule has 158 valence electrons. The van der Waals surface area contributed by atoms with Crippen molar-refractivity contribution >= 4 is 51.6 Å². The van der Waals surface area contributed by atoms with E-state index in [0.29, 0.717) is 27.9 Å². The number of halogens is 1. The van der Waals surface area contributed by atoms with Crippen molar-refractivity contribution in [2.75, 3.05) is 20.3 Å². The second-order valence-corrected chi connectivity index (χ2v) is 8.78. The third kappa shape index (κ3) is 4.96. The maximum Gasteiger partial charge on any atom is 0.293 e. The van der Waals surface area contributed by atoms with E-state index in [2.05, 4.69) is 22.6 Å². The van der Waals surface area contributed by atoms with E-state index in [0.717, 1.165) is 20.9 Å². The van der Waals surface area contributed by atoms with E-state index >= 15 is 0 Å². The number of nitrogens with zero attached hydrogens (tertiary/aromatic N) is 1. The standard InChI is InChI=1S/C23H18INO5S/c1-28-19-4-2-3-5-20(19)29-13-12-25-22(26)21(31-23(25)27)14-17-10-11-18(30-17)15-6-8-16(24)9-7-15/h2-11,14H,12-13H2,1H3/b21-14-. The fourth-order valence-electron chi connectivity index (χ4n) is 3.01. The lowest BCUT2D eigenvalue weighted by molar-refractivity contribution is -0.123. The van der Waals surface area contributed by atoms with Gasteiger partial charge in [0.05, 0.1) is 18.6 Å². The molecule has 0 spiro atoms. The third-order valence-corrected chi connectivity index (χ3v) is 6.17. The molecule has 2 aromatic carbocycles. The first-order valence-corrected chi connectivity index (χ1v) is 11.3. The Morgan fingerprint density at radius 2 is 1.77 bits per heavy atom. The van der Waals surface area contributed by atoms with E-state index in [9.17, 15) is 9.59 Å². The summed E-state index contributed by atoms with van der Waals surface area (Å²) < 4.78 is 17.9. The van der Waals surface area contributed by atoms with Crippen LogP contribution in [0.3, 0.4) is 0 Å². The number of carbonyl (C=O) groups excluding carboxylic acids is 2. The largest absolute Gasteiger partial charge is 0.493 e. The van der Waals surface area contributed by atoms with E-state index in [-0.39, 0.29) is 24.3 Å². The molecule has 1 aliphatic rings. The van der Waals surface area contributed by atoms with Crippen LogP contribution in [0.25, 0.3) is 17.4 Å². The van der Waals surface area contributed by atoms with Crippen LogP contribution in [0, 0.1) is 3.57 Å². The number of hydrogen-bond acceptors (Lipinski definition) is 6. The van der Waals surface area contributed by atoms with E-state index in [1.54, 1.807) is 31.4 Å². The number of carbonyl (C=O) groups is 2. The van der Waals surface area contributed by atoms with Gasteiger partial charge in [0, 0.05) is 15.2 Å². The van der Waals surface area contributed by atoms with Gasteiger partial charge in [0.1, 0.15) is 18.1 Å². The normalized spacial score (nSPS) is 15.0. The van der Waals surface area contributed by atoms with E-state index in [4.69, 9.17) is 13.9 Å². The van der Waals surface area contributed by atoms with Crippen molar-refractivity contribution in [3.63, 3.8) is 0 Å². The van der Waals surface area contributed by atoms with Gasteiger partial charge in [-0.25, -0.2) is 0 Å². The molecule has 0 radical (unpaired) electrons. The molecule has 1 saturated heterocycles. The molecule has 3 aromatic rings. The summed E-state index contributed by atoms with van der Waals surface area (Å²) in [6.07, 6.45) is 1.60. The monoisotopic (exact) mass is 547 g/mol. The summed E-state index contributed by atoms with van der Waals surface area (Å²) in [4.78, 5) is 26.5. The number of hydrogen-bond donors (Lipinski definition) is 0. The van der Waals surface area contributed by atoms with Gasteiger partial charge in [0.25, 0.3) is 11.1 Å². The summed E-state index contributed by atoms with van der Waals surface area (Å²) in [6.45, 7) is 0.315. The van der Waals surface area contributed by atoms with Crippen molar-refractivity contribution < 1.29 is 23.5 Å². The van der Waals surface area contributed by atoms with Crippen molar-refractivity contribution in [2.45, 2.75) is 0 Å². The zero-order valence-corrected chi connectivity index (χ0v) is 19.5. The van der Waals surface area contributed by atoms with E-state index in [1.807, 2.05) is 42.5 Å². The molecule has 1 aliphatic heterocycles. The minimum atomic E-state index is -0.356. The predicted octanol–water partition coefficient (Wildman–Crippen LogP) is 5.68. The Balaban J connectivity index is 1.41. The second kappa shape index (κ2) is 9.61. The van der Waals surface area contributed by atoms with Gasteiger partial charge in [-0.1, -0.05) is 24.3 Å². The van der Waals surface area contributed by atoms with Gasteiger partial charge in [0.2, 0.25) is 0 Å². The van der Waals surface area contributed by atoms with E-state index < -0.39 is 0 Å². The van der Waals surface area contributed by atoms with Crippen LogP contribution in [0.5, 0.6) is 11.5 Å². The fourth-order valence-corrected chi connectivity index (χ4v) is 4.21. The lowest BCUT2D eigenvalue weighted by Gasteiger charge is -2.14. The van der Waals surface area contributed by atoms with E-state index in [1.165, 1.54) is 4.90 Å². The first-order chi connectivity index (χ1) is 15.0. The van der Waals surface area contributed by atoms with Gasteiger partial charge in [0.15, 0.2) is 11.5 Å². The molecule has 1 aromatic heterocycles. The zero-order chi connectivity index (χ0) is 21.8. The van der Waals surface area contributed by atoms with Crippen LogP contribution in [0.15, 0.2) is 70.0 Å². The van der Waals surface area contributed by atoms with Crippen LogP contribution < -0.4 is 9.47 Å². The van der Waals surface area contributed by atoms with Gasteiger partial charge in [-0.2, -0.15) is 0 Å². The van der Waals surface area contributed by atoms with Crippen molar-refractivity contribution in [2.24, 2.45) is 0 Å². The average Bonchev–Trinajstić information content (AvgIpc) is 3.34. The number of ether oxygens (including phenoxy) is 2. The van der Waals surface area contributed by atoms with Gasteiger partial charge in [-0.15, -0.1) is 0 Å². The molecule has 8 heteroatoms. The van der Waals surface area contributed by atoms with Crippen molar-refractivity contribution in [3.05, 3.63) is 74.9 Å². The van der Waals surface area contributed by atoms with Crippen LogP contribution in [-0.4, -0.2) is 36.3 Å². The summed E-state index contributed by atoms with van der Waals surface area (Å²) in [6, 6.07) is 18.8. The van der Waals surface area contributed by atoms with Gasteiger partial charge in [-0.3, -0.25) is 14.5 Å². The predicted molar refractivity (Wildman–Crippen MR) is 128 cm³/mol. The number of imide groups is 1. The quantitative estimate of drug-likeness (QED) is 0.280. The first-order valence-electron chi connectivity index (χ1n) is 9.42. The maximum atomic E-state index is 12.7. The van der Waals surface area contributed by atoms with Crippen LogP contribution in [0.2, 0.25) is 0 Å². The summed E-state index contributed by atoms with van der Waals surface area (Å²) in [5.74, 6) is 2.02. The first kappa shape index (κ1) is 21.5. The molecule has 0 atom stereocenters. The molecule has 0 bridgehead atoms. The molecule has 2 heterocycles. The zero-order valence-electron chi connectivity index (χ0n) is 16.5. The molecule has 0 N–H and O–H groups in total. The number of benzene rings is 2. The number of furan rings is 1. The highest BCUT2D eigenvalue weighted by atomic mass is 127. The summed E-state index contributed by atoms with van der Waals surface area (Å²) in [7, 11) is 1.56. The average molecular weight is 547 g/mol. The van der Waals surface area contributed by atoms with Gasteiger partial charge < -0.3 is 13.9 Å². The summed E-state index contributed by atoms with van der Waals surface area (Å²) in [5, 5.41) is -0.329. The minimum absolute atomic E-state index is 0.145. The number of amides is 2. The van der Waals surface area contributed by atoms with Gasteiger partial charge in [-0.05, 0) is 70.8 Å². The second-order valence-electron chi connectivity index (χ2n) is 6.54. The molecule has 4 rings (SSSR count). The lowest BCUT2D eigenvalue weighted by atomic mass is 10.2. The SMILES string of the molecule is COc1ccccc1OCCN1C(=O)S/C(=C\c2ccc(-c3ccc(I)cc3)o2)C1=O. The molecule has 0 aliphatic carbocycles. The van der Waals surface area contributed by atoms with Crippen molar-refractivity contribution in [3.8, 4) is 22.8 Å². The highest BCUT2D eigenvalue weighted by Crippen LogP contribution is 2.33. The Labute approximate surface area is 197 Å². The molecule has 1 fully saturated rings. The van der Waals surface area contributed by atoms with Gasteiger partial charge >= 0.3 is 0 Å². The highest BCUT2D eigenvalue weighted by Gasteiger charge is 2.35. The third-order valence-electron chi connectivity index (χ3n) is 4.54. The molecule has 0 saturated carbocycles. The Morgan fingerprint density at radius 3 is 2.52 bits per heavy atom. The number of methoxy groups -OCH3 is 1. The number of para-hydroxylation sites is 2. The number of thioether (sulfide) groups is 1. The minimum Gasteiger partial charge on any atom is -0.493 e. The summed E-state index contributed by atoms with van der Waals surface area (Å²) in [5.41, 5.74) is 0.946. The molecule has 0 unspecified atom stereocenters. The topological polar surface area (TPSA) is 69.0 Å². The molecular formula is C23H18INO5S. The molecule has 6 nitrogen and oxygen atoms in total. The van der Waals surface area contributed by atoms with Crippen LogP contribution in [0.4, 0.5) is 4.79 Å². The molecular weight excluding hydrogens is 529 g/mol. The Bertz CT molecular complexity index is 1140. The van der Waals surface area contributed by atoms with Crippen molar-refractivity contribution in [1.82, 2.24) is 4.90 Å². The molecule has 2 amide bonds. The molecule has 31 heavy (non-hydrogen) atoms. The Hall–Kier alpha value is -2.72. The van der Waals surface area contributed by atoms with Crippen LogP contribution in [-0.2, 0) is 4.79 Å². The Kier molecular flexibility index (Phi) is 6.67. The smallest absolute Gasteiger partial charge is 0.293 e. The van der Waals surface area contributed by atoms with Crippen LogP contribution in [0.1, 0.15) is 5.76 Å². The number of rotatable bonds is 7. The maximum absolute atomic E-state index is 12.7. The fraction of sp³-hybridized carbons (Fsp3) is 0.130. The van der Waals surface area contributed by atoms with Crippen LogP contribution >= 0.6 is 34.4 Å². The summed E-state index contributed by atoms with van der Waals surface area (Å²) >= 11 is 3.14. The van der Waals surface area contributed by atoms with Crippen molar-refractivity contribution in [1.29, 1.82) is 0 Å². The lowest BCUT2D eigenvalue weighted by Crippen LogP contribution is -2.32. The highest BCUT2D eigenvalue weighted by molar-refractivity contribution is 14.1. The Morgan fingerprint density at radius 1 is 1.03 bits per heavy atom.